The fourth-order valence-electron chi connectivity index (χ4n) is 1.64. The molecule has 0 heterocycles. The second-order valence-corrected chi connectivity index (χ2v) is 4.05. The second-order valence-electron chi connectivity index (χ2n) is 4.05. The van der Waals surface area contributed by atoms with E-state index >= 15 is 0 Å². The number of unbranched alkanes of at least 4 members (excludes halogenated alkanes) is 3. The van der Waals surface area contributed by atoms with Crippen molar-refractivity contribution < 1.29 is 9.47 Å². The molecule has 0 unspecified atom stereocenters. The Kier molecular flexibility index (Phi) is 7.23. The van der Waals surface area contributed by atoms with Gasteiger partial charge in [0.1, 0.15) is 11.5 Å². The first-order chi connectivity index (χ1) is 8.36. The summed E-state index contributed by atoms with van der Waals surface area (Å²) in [5, 5.41) is 3.15. The van der Waals surface area contributed by atoms with Crippen molar-refractivity contribution in [3.05, 3.63) is 24.3 Å². The van der Waals surface area contributed by atoms with Crippen molar-refractivity contribution in [2.45, 2.75) is 25.7 Å². The summed E-state index contributed by atoms with van der Waals surface area (Å²) in [6.45, 7) is 1.89. The fraction of sp³-hybridized carbons (Fsp3) is 0.571. The van der Waals surface area contributed by atoms with Crippen LogP contribution in [0.1, 0.15) is 25.7 Å². The molecule has 1 aromatic rings. The largest absolute Gasteiger partial charge is 0.497 e. The van der Waals surface area contributed by atoms with Crippen LogP contribution in [0.25, 0.3) is 0 Å². The molecule has 3 nitrogen and oxygen atoms in total. The Morgan fingerprint density at radius 1 is 1.06 bits per heavy atom. The number of rotatable bonds is 9. The zero-order valence-corrected chi connectivity index (χ0v) is 10.9. The highest BCUT2D eigenvalue weighted by Gasteiger charge is 1.96. The van der Waals surface area contributed by atoms with E-state index in [0.29, 0.717) is 0 Å². The van der Waals surface area contributed by atoms with E-state index in [1.165, 1.54) is 19.3 Å². The van der Waals surface area contributed by atoms with Crippen molar-refractivity contribution in [2.75, 3.05) is 27.3 Å². The molecule has 0 aliphatic rings. The molecule has 0 spiro atoms. The SMILES string of the molecule is CNCCCCCCOc1cccc(OC)c1. The van der Waals surface area contributed by atoms with E-state index in [9.17, 15) is 0 Å². The van der Waals surface area contributed by atoms with E-state index in [4.69, 9.17) is 9.47 Å². The molecule has 1 N–H and O–H groups in total. The van der Waals surface area contributed by atoms with Crippen LogP contribution in [0, 0.1) is 0 Å². The summed E-state index contributed by atoms with van der Waals surface area (Å²) < 4.78 is 10.8. The van der Waals surface area contributed by atoms with Gasteiger partial charge in [0.15, 0.2) is 0 Å². The van der Waals surface area contributed by atoms with Gasteiger partial charge in [0.2, 0.25) is 0 Å². The van der Waals surface area contributed by atoms with Gasteiger partial charge in [0.25, 0.3) is 0 Å². The van der Waals surface area contributed by atoms with Crippen molar-refractivity contribution >= 4 is 0 Å². The third-order valence-electron chi connectivity index (χ3n) is 2.63. The summed E-state index contributed by atoms with van der Waals surface area (Å²) in [6, 6.07) is 7.75. The Balaban J connectivity index is 2.09. The summed E-state index contributed by atoms with van der Waals surface area (Å²) in [4.78, 5) is 0. The van der Waals surface area contributed by atoms with Crippen molar-refractivity contribution in [3.63, 3.8) is 0 Å². The molecule has 0 aliphatic heterocycles. The van der Waals surface area contributed by atoms with E-state index in [-0.39, 0.29) is 0 Å². The minimum atomic E-state index is 0.784. The lowest BCUT2D eigenvalue weighted by molar-refractivity contribution is 0.302. The van der Waals surface area contributed by atoms with Crippen molar-refractivity contribution in [2.24, 2.45) is 0 Å². The molecule has 0 saturated heterocycles. The summed E-state index contributed by atoms with van der Waals surface area (Å²) >= 11 is 0. The smallest absolute Gasteiger partial charge is 0.122 e. The van der Waals surface area contributed by atoms with E-state index in [0.717, 1.165) is 31.1 Å². The Morgan fingerprint density at radius 2 is 1.82 bits per heavy atom. The standard InChI is InChI=1S/C14H23NO2/c1-15-10-5-3-4-6-11-17-14-9-7-8-13(12-14)16-2/h7-9,12,15H,3-6,10-11H2,1-2H3. The van der Waals surface area contributed by atoms with Crippen LogP contribution in [-0.2, 0) is 0 Å². The first-order valence-corrected chi connectivity index (χ1v) is 6.28. The Bertz CT molecular complexity index is 302. The average Bonchev–Trinajstić information content (AvgIpc) is 2.38. The Morgan fingerprint density at radius 3 is 2.59 bits per heavy atom. The molecule has 0 aromatic heterocycles. The van der Waals surface area contributed by atoms with Crippen LogP contribution >= 0.6 is 0 Å². The predicted molar refractivity (Wildman–Crippen MR) is 70.9 cm³/mol. The van der Waals surface area contributed by atoms with E-state index in [1.807, 2.05) is 31.3 Å². The molecule has 0 bridgehead atoms. The maximum Gasteiger partial charge on any atom is 0.122 e. The van der Waals surface area contributed by atoms with Gasteiger partial charge in [0, 0.05) is 6.07 Å². The monoisotopic (exact) mass is 237 g/mol. The zero-order valence-electron chi connectivity index (χ0n) is 10.9. The number of hydrogen-bond donors (Lipinski definition) is 1. The van der Waals surface area contributed by atoms with Crippen LogP contribution in [0.3, 0.4) is 0 Å². The predicted octanol–water partition coefficient (Wildman–Crippen LogP) is 2.85. The summed E-state index contributed by atoms with van der Waals surface area (Å²) in [6.07, 6.45) is 4.85. The molecule has 0 saturated carbocycles. The molecule has 0 aliphatic carbocycles. The van der Waals surface area contributed by atoms with Crippen LogP contribution in [0.15, 0.2) is 24.3 Å². The maximum atomic E-state index is 5.66. The van der Waals surface area contributed by atoms with Gasteiger partial charge >= 0.3 is 0 Å². The highest BCUT2D eigenvalue weighted by atomic mass is 16.5. The molecule has 0 radical (unpaired) electrons. The van der Waals surface area contributed by atoms with Crippen molar-refractivity contribution in [1.82, 2.24) is 5.32 Å². The van der Waals surface area contributed by atoms with Gasteiger partial charge in [-0.2, -0.15) is 0 Å². The summed E-state index contributed by atoms with van der Waals surface area (Å²) in [5.41, 5.74) is 0. The molecular formula is C14H23NO2. The molecule has 1 aromatic carbocycles. The zero-order chi connectivity index (χ0) is 12.3. The van der Waals surface area contributed by atoms with Crippen LogP contribution in [0.4, 0.5) is 0 Å². The number of nitrogens with one attached hydrogen (secondary N) is 1. The van der Waals surface area contributed by atoms with Crippen molar-refractivity contribution in [3.8, 4) is 11.5 Å². The second kappa shape index (κ2) is 8.88. The van der Waals surface area contributed by atoms with Gasteiger partial charge in [-0.3, -0.25) is 0 Å². The molecule has 0 amide bonds. The molecule has 1 rings (SSSR count). The molecular weight excluding hydrogens is 214 g/mol. The highest BCUT2D eigenvalue weighted by Crippen LogP contribution is 2.19. The minimum Gasteiger partial charge on any atom is -0.497 e. The quantitative estimate of drug-likeness (QED) is 0.670. The van der Waals surface area contributed by atoms with Crippen LogP contribution < -0.4 is 14.8 Å². The average molecular weight is 237 g/mol. The first-order valence-electron chi connectivity index (χ1n) is 6.28. The third-order valence-corrected chi connectivity index (χ3v) is 2.63. The van der Waals surface area contributed by atoms with Gasteiger partial charge < -0.3 is 14.8 Å². The molecule has 17 heavy (non-hydrogen) atoms. The van der Waals surface area contributed by atoms with Gasteiger partial charge in [0.05, 0.1) is 13.7 Å². The topological polar surface area (TPSA) is 30.5 Å². The highest BCUT2D eigenvalue weighted by molar-refractivity contribution is 5.32. The van der Waals surface area contributed by atoms with Crippen LogP contribution in [0.2, 0.25) is 0 Å². The minimum absolute atomic E-state index is 0.784. The van der Waals surface area contributed by atoms with Crippen molar-refractivity contribution in [1.29, 1.82) is 0 Å². The number of benzene rings is 1. The molecule has 96 valence electrons. The third kappa shape index (κ3) is 6.17. The van der Waals surface area contributed by atoms with E-state index in [2.05, 4.69) is 5.32 Å². The Hall–Kier alpha value is -1.22. The summed E-state index contributed by atoms with van der Waals surface area (Å²) in [5.74, 6) is 1.73. The van der Waals surface area contributed by atoms with E-state index < -0.39 is 0 Å². The van der Waals surface area contributed by atoms with E-state index in [1.54, 1.807) is 7.11 Å². The maximum absolute atomic E-state index is 5.66. The fourth-order valence-corrected chi connectivity index (χ4v) is 1.64. The van der Waals surface area contributed by atoms with Gasteiger partial charge in [-0.25, -0.2) is 0 Å². The lowest BCUT2D eigenvalue weighted by Crippen LogP contribution is -2.07. The lowest BCUT2D eigenvalue weighted by atomic mass is 10.2. The van der Waals surface area contributed by atoms with Crippen LogP contribution in [-0.4, -0.2) is 27.3 Å². The van der Waals surface area contributed by atoms with Crippen LogP contribution in [0.5, 0.6) is 11.5 Å². The Labute approximate surface area is 104 Å². The first kappa shape index (κ1) is 13.8. The number of hydrogen-bond acceptors (Lipinski definition) is 3. The summed E-state index contributed by atoms with van der Waals surface area (Å²) in [7, 11) is 3.66. The van der Waals surface area contributed by atoms with Gasteiger partial charge in [-0.1, -0.05) is 18.9 Å². The number of ether oxygens (including phenoxy) is 2. The molecule has 0 fully saturated rings. The normalized spacial score (nSPS) is 10.2. The number of methoxy groups -OCH3 is 1. The molecule has 0 atom stereocenters. The van der Waals surface area contributed by atoms with Gasteiger partial charge in [-0.15, -0.1) is 0 Å². The molecule has 3 heteroatoms. The lowest BCUT2D eigenvalue weighted by Gasteiger charge is -2.07. The van der Waals surface area contributed by atoms with Gasteiger partial charge in [-0.05, 0) is 38.6 Å².